The Labute approximate surface area is 167 Å². The average molecular weight is 397 g/mol. The van der Waals surface area contributed by atoms with Crippen LogP contribution in [0.3, 0.4) is 0 Å². The summed E-state index contributed by atoms with van der Waals surface area (Å²) >= 11 is 0. The highest BCUT2D eigenvalue weighted by Gasteiger charge is 2.30. The molecule has 8 heteroatoms. The number of nitrogens with zero attached hydrogens (tertiary/aromatic N) is 2. The van der Waals surface area contributed by atoms with Crippen LogP contribution >= 0.6 is 0 Å². The third kappa shape index (κ3) is 3.49. The summed E-state index contributed by atoms with van der Waals surface area (Å²) in [6, 6.07) is 9.97. The fourth-order valence-electron chi connectivity index (χ4n) is 3.50. The van der Waals surface area contributed by atoms with Crippen LogP contribution in [0, 0.1) is 5.82 Å². The van der Waals surface area contributed by atoms with Crippen molar-refractivity contribution in [2.45, 2.75) is 20.1 Å². The summed E-state index contributed by atoms with van der Waals surface area (Å²) in [7, 11) is 3.17. The van der Waals surface area contributed by atoms with E-state index in [1.165, 1.54) is 19.1 Å². The fourth-order valence-corrected chi connectivity index (χ4v) is 3.50. The molecular weight excluding hydrogens is 377 g/mol. The lowest BCUT2D eigenvalue weighted by Gasteiger charge is -2.12. The first-order valence-electron chi connectivity index (χ1n) is 9.01. The van der Waals surface area contributed by atoms with E-state index < -0.39 is 5.97 Å². The average Bonchev–Trinajstić information content (AvgIpc) is 3.22. The lowest BCUT2D eigenvalue weighted by atomic mass is 10.1. The van der Waals surface area contributed by atoms with E-state index in [1.54, 1.807) is 31.0 Å². The third-order valence-corrected chi connectivity index (χ3v) is 4.76. The highest BCUT2D eigenvalue weighted by Crippen LogP contribution is 2.45. The molecule has 0 aliphatic heterocycles. The van der Waals surface area contributed by atoms with Gasteiger partial charge in [0.25, 0.3) is 0 Å². The molecule has 0 amide bonds. The van der Waals surface area contributed by atoms with E-state index in [9.17, 15) is 9.18 Å². The van der Waals surface area contributed by atoms with Gasteiger partial charge in [-0.2, -0.15) is 5.10 Å². The number of nitrogens with one attached hydrogen (secondary N) is 1. The normalized spacial score (nSPS) is 11.6. The first-order chi connectivity index (χ1) is 14.0. The van der Waals surface area contributed by atoms with Gasteiger partial charge < -0.3 is 19.5 Å². The molecule has 0 bridgehead atoms. The molecule has 4 rings (SSSR count). The maximum absolute atomic E-state index is 13.6. The maximum Gasteiger partial charge on any atom is 0.304 e. The van der Waals surface area contributed by atoms with Gasteiger partial charge in [-0.25, -0.2) is 9.07 Å². The van der Waals surface area contributed by atoms with Crippen molar-refractivity contribution in [1.29, 1.82) is 0 Å². The molecule has 1 aliphatic carbocycles. The minimum Gasteiger partial charge on any atom is -0.493 e. The van der Waals surface area contributed by atoms with Gasteiger partial charge >= 0.3 is 5.97 Å². The summed E-state index contributed by atoms with van der Waals surface area (Å²) in [6.45, 7) is 1.31. The van der Waals surface area contributed by atoms with E-state index in [1.807, 2.05) is 12.1 Å². The molecule has 3 aromatic rings. The molecule has 1 aromatic heterocycles. The van der Waals surface area contributed by atoms with E-state index >= 15 is 0 Å². The summed E-state index contributed by atoms with van der Waals surface area (Å²) in [6.07, 6.45) is 0.600. The zero-order chi connectivity index (χ0) is 20.5. The van der Waals surface area contributed by atoms with Crippen molar-refractivity contribution in [2.24, 2.45) is 0 Å². The van der Waals surface area contributed by atoms with Crippen LogP contribution in [0.15, 0.2) is 36.4 Å². The Hall–Kier alpha value is -3.55. The summed E-state index contributed by atoms with van der Waals surface area (Å²) in [5.41, 5.74) is 4.28. The predicted molar refractivity (Wildman–Crippen MR) is 105 cm³/mol. The van der Waals surface area contributed by atoms with E-state index in [4.69, 9.17) is 14.2 Å². The van der Waals surface area contributed by atoms with E-state index in [-0.39, 0.29) is 12.5 Å². The topological polar surface area (TPSA) is 74.6 Å². The van der Waals surface area contributed by atoms with Crippen molar-refractivity contribution in [3.63, 3.8) is 0 Å². The van der Waals surface area contributed by atoms with Gasteiger partial charge in [0.05, 0.1) is 19.9 Å². The predicted octanol–water partition coefficient (Wildman–Crippen LogP) is 3.87. The number of esters is 1. The second-order valence-corrected chi connectivity index (χ2v) is 6.62. The van der Waals surface area contributed by atoms with Crippen LogP contribution in [0.25, 0.3) is 11.3 Å². The monoisotopic (exact) mass is 397 g/mol. The molecule has 150 valence electrons. The molecular formula is C21H20FN3O4. The van der Waals surface area contributed by atoms with Gasteiger partial charge in [0.2, 0.25) is 0 Å². The Morgan fingerprint density at radius 3 is 2.66 bits per heavy atom. The second-order valence-electron chi connectivity index (χ2n) is 6.62. The van der Waals surface area contributed by atoms with Gasteiger partial charge in [-0.1, -0.05) is 6.07 Å². The number of anilines is 2. The summed E-state index contributed by atoms with van der Waals surface area (Å²) in [5.74, 6) is 1.06. The van der Waals surface area contributed by atoms with Crippen LogP contribution in [0.2, 0.25) is 0 Å². The van der Waals surface area contributed by atoms with E-state index in [2.05, 4.69) is 10.4 Å². The van der Waals surface area contributed by atoms with E-state index in [0.29, 0.717) is 29.4 Å². The Bertz CT molecular complexity index is 1090. The number of carbonyl (C=O) groups is 1. The molecule has 0 fully saturated rings. The van der Waals surface area contributed by atoms with Crippen molar-refractivity contribution >= 4 is 17.5 Å². The van der Waals surface area contributed by atoms with Gasteiger partial charge in [-0.05, 0) is 35.9 Å². The number of hydrogen-bond donors (Lipinski definition) is 1. The number of methoxy groups -OCH3 is 2. The number of benzene rings is 2. The van der Waals surface area contributed by atoms with Crippen LogP contribution in [0.1, 0.15) is 18.1 Å². The van der Waals surface area contributed by atoms with Crippen LogP contribution in [0.5, 0.6) is 11.5 Å². The molecule has 1 N–H and O–H groups in total. The van der Waals surface area contributed by atoms with Crippen molar-refractivity contribution in [1.82, 2.24) is 9.78 Å². The van der Waals surface area contributed by atoms with Crippen molar-refractivity contribution in [3.05, 3.63) is 53.3 Å². The van der Waals surface area contributed by atoms with Gasteiger partial charge in [0.15, 0.2) is 24.0 Å². The largest absolute Gasteiger partial charge is 0.493 e. The molecule has 0 spiro atoms. The van der Waals surface area contributed by atoms with Crippen molar-refractivity contribution in [2.75, 3.05) is 19.5 Å². The standard InChI is InChI=1S/C21H20FN3O4/c1-12(26)29-11-25-20-16-10-19(28-3)18(27-2)8-13(16)7-17(20)21(24-25)23-15-6-4-5-14(22)9-15/h4-6,8-10H,7,11H2,1-3H3,(H,23,24). The summed E-state index contributed by atoms with van der Waals surface area (Å²) < 4.78 is 31.2. The zero-order valence-electron chi connectivity index (χ0n) is 16.3. The molecule has 1 aliphatic rings. The molecule has 0 unspecified atom stereocenters. The second kappa shape index (κ2) is 7.46. The number of ether oxygens (including phenoxy) is 3. The van der Waals surface area contributed by atoms with Crippen LogP contribution in [0.4, 0.5) is 15.9 Å². The molecule has 0 saturated heterocycles. The molecule has 29 heavy (non-hydrogen) atoms. The highest BCUT2D eigenvalue weighted by molar-refractivity contribution is 5.82. The van der Waals surface area contributed by atoms with Crippen LogP contribution < -0.4 is 14.8 Å². The first-order valence-corrected chi connectivity index (χ1v) is 9.01. The molecule has 0 atom stereocenters. The SMILES string of the molecule is COc1cc2c(cc1OC)-c1c(c(Nc3cccc(F)c3)nn1COC(C)=O)C2. The molecule has 0 radical (unpaired) electrons. The number of aromatic nitrogens is 2. The molecule has 7 nitrogen and oxygen atoms in total. The zero-order valence-corrected chi connectivity index (χ0v) is 16.3. The Balaban J connectivity index is 1.79. The van der Waals surface area contributed by atoms with Gasteiger partial charge in [-0.15, -0.1) is 0 Å². The fraction of sp³-hybridized carbons (Fsp3) is 0.238. The number of halogens is 1. The smallest absolute Gasteiger partial charge is 0.304 e. The van der Waals surface area contributed by atoms with Crippen molar-refractivity contribution < 1.29 is 23.4 Å². The maximum atomic E-state index is 13.6. The third-order valence-electron chi connectivity index (χ3n) is 4.76. The quantitative estimate of drug-likeness (QED) is 0.498. The molecule has 2 aromatic carbocycles. The van der Waals surface area contributed by atoms with Crippen LogP contribution in [-0.2, 0) is 22.7 Å². The van der Waals surface area contributed by atoms with Crippen molar-refractivity contribution in [3.8, 4) is 22.8 Å². The van der Waals surface area contributed by atoms with Gasteiger partial charge in [0.1, 0.15) is 5.82 Å². The van der Waals surface area contributed by atoms with Gasteiger partial charge in [-0.3, -0.25) is 4.79 Å². The summed E-state index contributed by atoms with van der Waals surface area (Å²) in [4.78, 5) is 11.3. The number of carbonyl (C=O) groups excluding carboxylic acids is 1. The molecule has 0 saturated carbocycles. The summed E-state index contributed by atoms with van der Waals surface area (Å²) in [5, 5.41) is 7.73. The minimum absolute atomic E-state index is 0.0315. The lowest BCUT2D eigenvalue weighted by Crippen LogP contribution is -2.09. The number of hydrogen-bond acceptors (Lipinski definition) is 6. The molecule has 1 heterocycles. The van der Waals surface area contributed by atoms with Crippen LogP contribution in [-0.4, -0.2) is 30.0 Å². The Kier molecular flexibility index (Phi) is 4.84. The minimum atomic E-state index is -0.403. The lowest BCUT2D eigenvalue weighted by molar-refractivity contribution is -0.145. The number of fused-ring (bicyclic) bond motifs is 3. The first kappa shape index (κ1) is 18.8. The Morgan fingerprint density at radius 1 is 1.21 bits per heavy atom. The highest BCUT2D eigenvalue weighted by atomic mass is 19.1. The van der Waals surface area contributed by atoms with Gasteiger partial charge in [0, 0.05) is 30.2 Å². The number of rotatable bonds is 6. The Morgan fingerprint density at radius 2 is 1.97 bits per heavy atom. The van der Waals surface area contributed by atoms with E-state index in [0.717, 1.165) is 22.4 Å².